The first-order valence-electron chi connectivity index (χ1n) is 9.69. The summed E-state index contributed by atoms with van der Waals surface area (Å²) in [5, 5.41) is 4.46. The molecule has 8 heteroatoms. The Morgan fingerprint density at radius 1 is 1.21 bits per heavy atom. The van der Waals surface area contributed by atoms with Crippen LogP contribution in [0.25, 0.3) is 15.7 Å². The van der Waals surface area contributed by atoms with Gasteiger partial charge in [-0.3, -0.25) is 19.0 Å². The van der Waals surface area contributed by atoms with Gasteiger partial charge in [0.15, 0.2) is 0 Å². The van der Waals surface area contributed by atoms with Crippen LogP contribution in [0.3, 0.4) is 0 Å². The second-order valence-electron chi connectivity index (χ2n) is 7.59. The van der Waals surface area contributed by atoms with Gasteiger partial charge in [-0.2, -0.15) is 5.10 Å². The molecule has 1 saturated carbocycles. The highest BCUT2D eigenvalue weighted by atomic mass is 32.1. The number of amides is 1. The van der Waals surface area contributed by atoms with Crippen LogP contribution in [0, 0.1) is 13.8 Å². The molecule has 7 nitrogen and oxygen atoms in total. The van der Waals surface area contributed by atoms with Crippen LogP contribution in [0.15, 0.2) is 41.5 Å². The molecule has 4 aromatic heterocycles. The molecule has 0 radical (unpaired) electrons. The van der Waals surface area contributed by atoms with E-state index in [-0.39, 0.29) is 24.1 Å². The molecule has 1 aliphatic carbocycles. The van der Waals surface area contributed by atoms with E-state index >= 15 is 0 Å². The number of fused-ring (bicyclic) bond motifs is 3. The Morgan fingerprint density at radius 2 is 1.97 bits per heavy atom. The van der Waals surface area contributed by atoms with E-state index in [1.807, 2.05) is 34.4 Å². The van der Waals surface area contributed by atoms with Crippen LogP contribution in [-0.2, 0) is 17.9 Å². The van der Waals surface area contributed by atoms with Crippen LogP contribution in [0.4, 0.5) is 0 Å². The van der Waals surface area contributed by atoms with Crippen molar-refractivity contribution in [3.63, 3.8) is 0 Å². The molecule has 148 valence electrons. The fraction of sp³-hybridized carbons (Fsp3) is 0.333. The zero-order valence-corrected chi connectivity index (χ0v) is 17.1. The van der Waals surface area contributed by atoms with Gasteiger partial charge in [0.05, 0.1) is 10.2 Å². The molecule has 0 aromatic carbocycles. The lowest BCUT2D eigenvalue weighted by atomic mass is 10.2. The van der Waals surface area contributed by atoms with Gasteiger partial charge in [-0.1, -0.05) is 0 Å². The number of nitrogens with zero attached hydrogens (tertiary/aromatic N) is 5. The van der Waals surface area contributed by atoms with Crippen molar-refractivity contribution >= 4 is 33.0 Å². The van der Waals surface area contributed by atoms with E-state index in [1.165, 1.54) is 9.56 Å². The average Bonchev–Trinajstić information content (AvgIpc) is 3.38. The summed E-state index contributed by atoms with van der Waals surface area (Å²) in [7, 11) is 0. The van der Waals surface area contributed by atoms with E-state index in [0.717, 1.165) is 28.6 Å². The van der Waals surface area contributed by atoms with E-state index in [0.29, 0.717) is 17.9 Å². The maximum atomic E-state index is 13.1. The largest absolute Gasteiger partial charge is 0.334 e. The molecular formula is C21H21N5O2S. The normalized spacial score (nSPS) is 14.0. The maximum absolute atomic E-state index is 13.1. The van der Waals surface area contributed by atoms with Crippen molar-refractivity contribution in [2.45, 2.75) is 45.8 Å². The number of hydrogen-bond acceptors (Lipinski definition) is 5. The Morgan fingerprint density at radius 3 is 2.69 bits per heavy atom. The zero-order valence-electron chi connectivity index (χ0n) is 16.3. The summed E-state index contributed by atoms with van der Waals surface area (Å²) in [6, 6.07) is 8.05. The van der Waals surface area contributed by atoms with Crippen molar-refractivity contribution in [3.8, 4) is 0 Å². The third kappa shape index (κ3) is 3.23. The summed E-state index contributed by atoms with van der Waals surface area (Å²) in [6.45, 7) is 4.40. The molecule has 1 aliphatic rings. The Bertz CT molecular complexity index is 1280. The van der Waals surface area contributed by atoms with Crippen molar-refractivity contribution in [2.24, 2.45) is 0 Å². The van der Waals surface area contributed by atoms with Crippen molar-refractivity contribution in [1.82, 2.24) is 24.1 Å². The van der Waals surface area contributed by atoms with E-state index in [1.54, 1.807) is 23.7 Å². The molecule has 1 amide bonds. The van der Waals surface area contributed by atoms with E-state index in [2.05, 4.69) is 23.1 Å². The minimum Gasteiger partial charge on any atom is -0.334 e. The molecule has 0 spiro atoms. The minimum absolute atomic E-state index is 0.0460. The number of thiophene rings is 1. The molecule has 29 heavy (non-hydrogen) atoms. The summed E-state index contributed by atoms with van der Waals surface area (Å²) in [5.41, 5.74) is 2.37. The number of carbonyl (C=O) groups is 1. The molecule has 0 N–H and O–H groups in total. The molecular weight excluding hydrogens is 386 g/mol. The summed E-state index contributed by atoms with van der Waals surface area (Å²) in [6.07, 6.45) is 5.47. The first kappa shape index (κ1) is 18.1. The van der Waals surface area contributed by atoms with Gasteiger partial charge in [-0.05, 0) is 56.5 Å². The number of rotatable bonds is 5. The van der Waals surface area contributed by atoms with Crippen LogP contribution < -0.4 is 5.56 Å². The standard InChI is InChI=1S/C21H21N5O2S/c1-13-9-17-19(29-13)10-18-21(28)25(23-14(2)26(17)18)12-20(27)24(16-3-4-16)11-15-5-7-22-8-6-15/h5-10,16H,3-4,11-12H2,1-2H3. The van der Waals surface area contributed by atoms with E-state index < -0.39 is 0 Å². The van der Waals surface area contributed by atoms with Gasteiger partial charge in [0.2, 0.25) is 5.91 Å². The van der Waals surface area contributed by atoms with Crippen molar-refractivity contribution in [3.05, 3.63) is 63.3 Å². The van der Waals surface area contributed by atoms with Gasteiger partial charge in [0.1, 0.15) is 17.9 Å². The molecule has 0 bridgehead atoms. The van der Waals surface area contributed by atoms with Gasteiger partial charge in [0, 0.05) is 29.9 Å². The molecule has 0 atom stereocenters. The number of hydrogen-bond donors (Lipinski definition) is 0. The smallest absolute Gasteiger partial charge is 0.291 e. The maximum Gasteiger partial charge on any atom is 0.291 e. The lowest BCUT2D eigenvalue weighted by Gasteiger charge is -2.23. The SMILES string of the molecule is Cc1cc2c(cc3c(=O)n(CC(=O)N(Cc4ccncc4)C4CC4)nc(C)n32)s1. The van der Waals surface area contributed by atoms with Crippen LogP contribution >= 0.6 is 11.3 Å². The first-order valence-corrected chi connectivity index (χ1v) is 10.5. The van der Waals surface area contributed by atoms with E-state index in [4.69, 9.17) is 0 Å². The van der Waals surface area contributed by atoms with E-state index in [9.17, 15) is 9.59 Å². The zero-order chi connectivity index (χ0) is 20.1. The van der Waals surface area contributed by atoms with Gasteiger partial charge in [-0.25, -0.2) is 4.68 Å². The average molecular weight is 407 g/mol. The molecule has 1 fully saturated rings. The third-order valence-electron chi connectivity index (χ3n) is 5.35. The minimum atomic E-state index is -0.232. The van der Waals surface area contributed by atoms with Crippen LogP contribution in [0.2, 0.25) is 0 Å². The number of pyridine rings is 1. The Hall–Kier alpha value is -3.00. The van der Waals surface area contributed by atoms with Crippen LogP contribution in [-0.4, -0.2) is 36.0 Å². The Kier molecular flexibility index (Phi) is 4.24. The van der Waals surface area contributed by atoms with Crippen molar-refractivity contribution < 1.29 is 4.79 Å². The highest BCUT2D eigenvalue weighted by molar-refractivity contribution is 7.19. The lowest BCUT2D eigenvalue weighted by molar-refractivity contribution is -0.133. The van der Waals surface area contributed by atoms with Crippen molar-refractivity contribution in [2.75, 3.05) is 0 Å². The summed E-state index contributed by atoms with van der Waals surface area (Å²) >= 11 is 1.66. The summed E-state index contributed by atoms with van der Waals surface area (Å²) < 4.78 is 4.26. The Balaban J connectivity index is 1.48. The highest BCUT2D eigenvalue weighted by Gasteiger charge is 2.33. The second-order valence-corrected chi connectivity index (χ2v) is 8.88. The van der Waals surface area contributed by atoms with Gasteiger partial charge >= 0.3 is 0 Å². The highest BCUT2D eigenvalue weighted by Crippen LogP contribution is 2.29. The fourth-order valence-corrected chi connectivity index (χ4v) is 4.78. The summed E-state index contributed by atoms with van der Waals surface area (Å²) in [5.74, 6) is 0.624. The third-order valence-corrected chi connectivity index (χ3v) is 6.34. The van der Waals surface area contributed by atoms with Gasteiger partial charge in [-0.15, -0.1) is 11.3 Å². The predicted molar refractivity (Wildman–Crippen MR) is 112 cm³/mol. The molecule has 0 saturated heterocycles. The number of aryl methyl sites for hydroxylation is 2. The predicted octanol–water partition coefficient (Wildman–Crippen LogP) is 2.91. The number of aromatic nitrogens is 4. The van der Waals surface area contributed by atoms with Crippen LogP contribution in [0.1, 0.15) is 29.1 Å². The summed E-state index contributed by atoms with van der Waals surface area (Å²) in [4.78, 5) is 33.2. The first-order chi connectivity index (χ1) is 14.0. The second kappa shape index (κ2) is 6.81. The quantitative estimate of drug-likeness (QED) is 0.510. The van der Waals surface area contributed by atoms with Gasteiger partial charge in [0.25, 0.3) is 5.56 Å². The van der Waals surface area contributed by atoms with Crippen LogP contribution in [0.5, 0.6) is 0 Å². The van der Waals surface area contributed by atoms with Crippen molar-refractivity contribution in [1.29, 1.82) is 0 Å². The number of carbonyl (C=O) groups excluding carboxylic acids is 1. The fourth-order valence-electron chi connectivity index (χ4n) is 3.84. The molecule has 0 aliphatic heterocycles. The molecule has 4 aromatic rings. The molecule has 5 rings (SSSR count). The molecule has 4 heterocycles. The van der Waals surface area contributed by atoms with Gasteiger partial charge < -0.3 is 4.90 Å². The topological polar surface area (TPSA) is 72.5 Å². The Labute approximate surface area is 171 Å². The lowest BCUT2D eigenvalue weighted by Crippen LogP contribution is -2.39. The molecule has 0 unspecified atom stereocenters. The monoisotopic (exact) mass is 407 g/mol.